The minimum atomic E-state index is -4.54. The third-order valence-electron chi connectivity index (χ3n) is 6.69. The first-order valence-electron chi connectivity index (χ1n) is 17.6. The molecule has 0 rings (SSSR count). The fraction of sp³-hybridized carbons (Fsp3) is 0.812. The van der Waals surface area contributed by atoms with Gasteiger partial charge in [0.2, 0.25) is 0 Å². The Morgan fingerprint density at radius 3 is 1.09 bits per heavy atom. The maximum absolute atomic E-state index is 12.2. The summed E-state index contributed by atoms with van der Waals surface area (Å²) >= 11 is 0. The molecule has 0 bridgehead atoms. The van der Waals surface area contributed by atoms with Crippen LogP contribution < -0.4 is 0 Å². The maximum Gasteiger partial charge on any atom is 0.472 e. The van der Waals surface area contributed by atoms with Crippen LogP contribution >= 0.6 is 31.3 Å². The average Bonchev–Trinajstić information content (AvgIpc) is 3.13. The Bertz CT molecular complexity index is 1270. The number of hydrogen-bond donors (Lipinski definition) is 4. The van der Waals surface area contributed by atoms with Crippen LogP contribution in [0.5, 0.6) is 0 Å². The van der Waals surface area contributed by atoms with Gasteiger partial charge in [-0.3, -0.25) is 36.2 Å². The quantitative estimate of drug-likeness (QED) is 0.0337. The zero-order valence-electron chi connectivity index (χ0n) is 31.4. The average molecular weight is 871 g/mol. The van der Waals surface area contributed by atoms with Gasteiger partial charge in [0.05, 0.1) is 59.5 Å². The monoisotopic (exact) mass is 870 g/mol. The molecule has 0 radical (unpaired) electrons. The van der Waals surface area contributed by atoms with E-state index < -0.39 is 43.5 Å². The summed E-state index contributed by atoms with van der Waals surface area (Å²) in [5, 5.41) is 0. The van der Waals surface area contributed by atoms with Gasteiger partial charge in [-0.1, -0.05) is 0 Å². The summed E-state index contributed by atoms with van der Waals surface area (Å²) in [7, 11) is -16.6. The van der Waals surface area contributed by atoms with E-state index in [9.17, 15) is 37.8 Å². The fourth-order valence-electron chi connectivity index (χ4n) is 3.87. The Balaban J connectivity index is 5.36. The van der Waals surface area contributed by atoms with Crippen molar-refractivity contribution < 1.29 is 88.2 Å². The third-order valence-corrected chi connectivity index (χ3v) is 10.7. The van der Waals surface area contributed by atoms with E-state index in [-0.39, 0.29) is 91.9 Å². The fourth-order valence-corrected chi connectivity index (χ4v) is 6.75. The molecule has 0 aromatic carbocycles. The highest BCUT2D eigenvalue weighted by Crippen LogP contribution is 2.45. The van der Waals surface area contributed by atoms with Crippen molar-refractivity contribution in [3.63, 3.8) is 0 Å². The molecule has 0 aliphatic rings. The standard InChI is InChI=1S/C32H58O19P4/c1-5-8-11-14-23-45-53(35,36)48-26-17-20-42-29-32(31-51-52(33,34)41-4,44-22-19-28-50-55(39,40)47-25-16-13-10-7-3)30-43-21-18-27-49-54(37,38)46-24-15-12-9-6-2/h1-3H,8-31H2,4H3,(H,33,34)(H,35,36)(H,37,38)(H,39,40). The topological polar surface area (TPSA) is 251 Å². The van der Waals surface area contributed by atoms with Crippen molar-refractivity contribution in [3.8, 4) is 37.0 Å². The first kappa shape index (κ1) is 54.0. The molecule has 0 aromatic rings. The van der Waals surface area contributed by atoms with Gasteiger partial charge in [-0.05, 0) is 57.8 Å². The molecular weight excluding hydrogens is 812 g/mol. The van der Waals surface area contributed by atoms with Crippen LogP contribution in [-0.2, 0) is 68.7 Å². The van der Waals surface area contributed by atoms with Gasteiger partial charge < -0.3 is 33.8 Å². The molecule has 4 atom stereocenters. The van der Waals surface area contributed by atoms with Crippen molar-refractivity contribution in [2.24, 2.45) is 0 Å². The van der Waals surface area contributed by atoms with Crippen molar-refractivity contribution in [1.29, 1.82) is 0 Å². The lowest BCUT2D eigenvalue weighted by molar-refractivity contribution is -0.157. The Morgan fingerprint density at radius 2 is 0.764 bits per heavy atom. The van der Waals surface area contributed by atoms with Gasteiger partial charge in [0.25, 0.3) is 0 Å². The van der Waals surface area contributed by atoms with Crippen LogP contribution in [0.1, 0.15) is 77.0 Å². The Kier molecular flexibility index (Phi) is 31.3. The van der Waals surface area contributed by atoms with E-state index in [1.807, 2.05) is 0 Å². The summed E-state index contributed by atoms with van der Waals surface area (Å²) in [6, 6.07) is 0. The highest BCUT2D eigenvalue weighted by atomic mass is 31.2. The second kappa shape index (κ2) is 31.9. The van der Waals surface area contributed by atoms with Crippen LogP contribution in [0.25, 0.3) is 0 Å². The van der Waals surface area contributed by atoms with Crippen LogP contribution in [0, 0.1) is 37.0 Å². The van der Waals surface area contributed by atoms with Crippen LogP contribution in [0.4, 0.5) is 0 Å². The van der Waals surface area contributed by atoms with E-state index in [0.29, 0.717) is 57.8 Å². The van der Waals surface area contributed by atoms with E-state index in [4.69, 9.17) is 65.1 Å². The maximum atomic E-state index is 12.2. The summed E-state index contributed by atoms with van der Waals surface area (Å²) in [6.07, 6.45) is 20.6. The molecule has 0 spiro atoms. The first-order valence-corrected chi connectivity index (χ1v) is 23.5. The molecule has 23 heteroatoms. The van der Waals surface area contributed by atoms with Gasteiger partial charge in [-0.15, -0.1) is 37.0 Å². The Labute approximate surface area is 325 Å². The lowest BCUT2D eigenvalue weighted by Gasteiger charge is -2.33. The van der Waals surface area contributed by atoms with Crippen LogP contribution in [0.15, 0.2) is 0 Å². The molecule has 19 nitrogen and oxygen atoms in total. The highest BCUT2D eigenvalue weighted by Gasteiger charge is 2.37. The summed E-state index contributed by atoms with van der Waals surface area (Å²) < 4.78 is 105. The number of rotatable bonds is 39. The van der Waals surface area contributed by atoms with Crippen molar-refractivity contribution in [2.45, 2.75) is 82.7 Å². The summed E-state index contributed by atoms with van der Waals surface area (Å²) in [5.41, 5.74) is -1.60. The van der Waals surface area contributed by atoms with Gasteiger partial charge in [0.15, 0.2) is 0 Å². The van der Waals surface area contributed by atoms with E-state index in [1.54, 1.807) is 0 Å². The highest BCUT2D eigenvalue weighted by molar-refractivity contribution is 7.48. The van der Waals surface area contributed by atoms with Crippen molar-refractivity contribution >= 4 is 31.3 Å². The zero-order chi connectivity index (χ0) is 41.4. The summed E-state index contributed by atoms with van der Waals surface area (Å²) in [5.74, 6) is 7.38. The second-order valence-corrected chi connectivity index (χ2v) is 17.4. The van der Waals surface area contributed by atoms with Gasteiger partial charge in [-0.25, -0.2) is 18.3 Å². The Morgan fingerprint density at radius 1 is 0.436 bits per heavy atom. The minimum Gasteiger partial charge on any atom is -0.378 e. The molecular formula is C32H58O19P4. The van der Waals surface area contributed by atoms with Crippen molar-refractivity contribution in [1.82, 2.24) is 0 Å². The molecule has 0 fully saturated rings. The summed E-state index contributed by atoms with van der Waals surface area (Å²) in [4.78, 5) is 39.6. The van der Waals surface area contributed by atoms with Gasteiger partial charge >= 0.3 is 31.3 Å². The number of phosphoric ester groups is 4. The molecule has 0 heterocycles. The lowest BCUT2D eigenvalue weighted by atomic mass is 10.1. The van der Waals surface area contributed by atoms with Gasteiger partial charge in [0.1, 0.15) is 5.60 Å². The predicted octanol–water partition coefficient (Wildman–Crippen LogP) is 5.52. The molecule has 320 valence electrons. The molecule has 0 aliphatic carbocycles. The Hall–Kier alpha value is -1.00. The summed E-state index contributed by atoms with van der Waals surface area (Å²) in [6.45, 7) is -2.31. The van der Waals surface area contributed by atoms with Crippen molar-refractivity contribution in [3.05, 3.63) is 0 Å². The van der Waals surface area contributed by atoms with E-state index in [2.05, 4.69) is 22.3 Å². The molecule has 0 aliphatic heterocycles. The van der Waals surface area contributed by atoms with Crippen molar-refractivity contribution in [2.75, 3.05) is 86.4 Å². The molecule has 4 N–H and O–H groups in total. The number of ether oxygens (including phenoxy) is 3. The molecule has 55 heavy (non-hydrogen) atoms. The number of terminal acetylenes is 3. The molecule has 0 amide bonds. The molecule has 0 saturated carbocycles. The SMILES string of the molecule is C#CCCCCOP(=O)(O)OCCCOCC(COCCCOP(=O)(O)OCCCCC#C)(COP(=O)(O)OC)OCCCOP(=O)(O)OCCCCC#C. The zero-order valence-corrected chi connectivity index (χ0v) is 35.0. The van der Waals surface area contributed by atoms with E-state index in [0.717, 1.165) is 7.11 Å². The third kappa shape index (κ3) is 32.6. The predicted molar refractivity (Wildman–Crippen MR) is 200 cm³/mol. The van der Waals surface area contributed by atoms with Gasteiger partial charge in [0, 0.05) is 46.2 Å². The van der Waals surface area contributed by atoms with E-state index in [1.165, 1.54) is 0 Å². The van der Waals surface area contributed by atoms with Crippen LogP contribution in [-0.4, -0.2) is 112 Å². The molecule has 0 saturated heterocycles. The molecule has 4 unspecified atom stereocenters. The minimum absolute atomic E-state index is 0.0178. The van der Waals surface area contributed by atoms with Crippen LogP contribution in [0.2, 0.25) is 0 Å². The molecule has 0 aromatic heterocycles. The number of hydrogen-bond acceptors (Lipinski definition) is 15. The second-order valence-electron chi connectivity index (χ2n) is 11.5. The normalized spacial score (nSPS) is 17.1. The van der Waals surface area contributed by atoms with Gasteiger partial charge in [-0.2, -0.15) is 0 Å². The van der Waals surface area contributed by atoms with Crippen LogP contribution in [0.3, 0.4) is 0 Å². The number of unbranched alkanes of at least 4 members (excludes halogenated alkanes) is 6. The lowest BCUT2D eigenvalue weighted by Crippen LogP contribution is -2.47. The number of phosphoric acid groups is 4. The first-order chi connectivity index (χ1) is 26.1. The smallest absolute Gasteiger partial charge is 0.378 e. The largest absolute Gasteiger partial charge is 0.472 e. The van der Waals surface area contributed by atoms with E-state index >= 15 is 0 Å².